The lowest BCUT2D eigenvalue weighted by molar-refractivity contribution is 0.0579. The summed E-state index contributed by atoms with van der Waals surface area (Å²) in [5.41, 5.74) is 1.02. The zero-order chi connectivity index (χ0) is 15.8. The molecule has 0 spiro atoms. The fourth-order valence-electron chi connectivity index (χ4n) is 2.19. The zero-order valence-corrected chi connectivity index (χ0v) is 12.7. The average molecular weight is 292 g/mol. The van der Waals surface area contributed by atoms with Crippen LogP contribution in [0.5, 0.6) is 0 Å². The van der Waals surface area contributed by atoms with Gasteiger partial charge in [-0.05, 0) is 39.0 Å². The second-order valence-electron chi connectivity index (χ2n) is 6.06. The normalized spacial score (nSPS) is 14.7. The Morgan fingerprint density at radius 2 is 1.86 bits per heavy atom. The summed E-state index contributed by atoms with van der Waals surface area (Å²) in [5, 5.41) is 9.08. The van der Waals surface area contributed by atoms with Crippen LogP contribution in [0.1, 0.15) is 31.1 Å². The average Bonchev–Trinajstić information content (AvgIpc) is 2.36. The molecule has 1 heterocycles. The van der Waals surface area contributed by atoms with Crippen LogP contribution < -0.4 is 9.80 Å². The molecule has 21 heavy (non-hydrogen) atoms. The number of anilines is 2. The van der Waals surface area contributed by atoms with E-state index in [9.17, 15) is 9.59 Å². The predicted octanol–water partition coefficient (Wildman–Crippen LogP) is 2.58. The van der Waals surface area contributed by atoms with Gasteiger partial charge in [-0.25, -0.2) is 9.59 Å². The van der Waals surface area contributed by atoms with Crippen LogP contribution in [0.4, 0.5) is 16.2 Å². The smallest absolute Gasteiger partial charge is 0.414 e. The van der Waals surface area contributed by atoms with E-state index in [1.165, 1.54) is 6.07 Å². The van der Waals surface area contributed by atoms with Crippen molar-refractivity contribution in [1.29, 1.82) is 0 Å². The number of aromatic carboxylic acids is 1. The third-order valence-electron chi connectivity index (χ3n) is 3.20. The van der Waals surface area contributed by atoms with Gasteiger partial charge in [-0.3, -0.25) is 4.90 Å². The van der Waals surface area contributed by atoms with Gasteiger partial charge in [0.05, 0.1) is 16.9 Å². The molecule has 1 aliphatic heterocycles. The first kappa shape index (κ1) is 15.2. The van der Waals surface area contributed by atoms with E-state index < -0.39 is 17.7 Å². The highest BCUT2D eigenvalue weighted by Crippen LogP contribution is 2.34. The van der Waals surface area contributed by atoms with Crippen LogP contribution in [-0.4, -0.2) is 42.9 Å². The highest BCUT2D eigenvalue weighted by molar-refractivity contribution is 5.97. The van der Waals surface area contributed by atoms with Crippen LogP contribution in [0, 0.1) is 0 Å². The van der Waals surface area contributed by atoms with Crippen LogP contribution >= 0.6 is 0 Å². The largest absolute Gasteiger partial charge is 0.478 e. The van der Waals surface area contributed by atoms with E-state index in [0.29, 0.717) is 24.5 Å². The van der Waals surface area contributed by atoms with Crippen molar-refractivity contribution in [2.45, 2.75) is 26.4 Å². The summed E-state index contributed by atoms with van der Waals surface area (Å²) >= 11 is 0. The maximum Gasteiger partial charge on any atom is 0.414 e. The summed E-state index contributed by atoms with van der Waals surface area (Å²) in [7, 11) is 1.87. The molecular formula is C15H20N2O4. The summed E-state index contributed by atoms with van der Waals surface area (Å²) in [4.78, 5) is 26.8. The molecule has 0 unspecified atom stereocenters. The first-order chi connectivity index (χ1) is 9.69. The first-order valence-corrected chi connectivity index (χ1v) is 6.78. The number of carboxylic acid groups (broad SMARTS) is 1. The number of rotatable bonds is 1. The fourth-order valence-corrected chi connectivity index (χ4v) is 2.19. The third kappa shape index (κ3) is 3.26. The molecule has 0 bridgehead atoms. The Balaban J connectivity index is 2.36. The number of carbonyl (C=O) groups excluding carboxylic acids is 1. The maximum absolute atomic E-state index is 12.3. The summed E-state index contributed by atoms with van der Waals surface area (Å²) in [6, 6.07) is 4.73. The van der Waals surface area contributed by atoms with Gasteiger partial charge in [0, 0.05) is 20.1 Å². The third-order valence-corrected chi connectivity index (χ3v) is 3.20. The van der Waals surface area contributed by atoms with Crippen LogP contribution in [0.3, 0.4) is 0 Å². The molecule has 6 heteroatoms. The number of fused-ring (bicyclic) bond motifs is 1. The number of amides is 1. The second kappa shape index (κ2) is 5.27. The van der Waals surface area contributed by atoms with Crippen molar-refractivity contribution in [2.75, 3.05) is 29.9 Å². The van der Waals surface area contributed by atoms with E-state index in [4.69, 9.17) is 9.84 Å². The van der Waals surface area contributed by atoms with Gasteiger partial charge < -0.3 is 14.7 Å². The Labute approximate surface area is 123 Å². The molecule has 1 N–H and O–H groups in total. The van der Waals surface area contributed by atoms with Gasteiger partial charge >= 0.3 is 12.1 Å². The summed E-state index contributed by atoms with van der Waals surface area (Å²) in [6.07, 6.45) is -0.417. The highest BCUT2D eigenvalue weighted by atomic mass is 16.6. The standard InChI is InChI=1S/C15H20N2O4/c1-15(2,3)21-14(20)17-8-7-16(4)12-9-10(13(18)19)5-6-11(12)17/h5-6,9H,7-8H2,1-4H3,(H,18,19). The Hall–Kier alpha value is -2.24. The van der Waals surface area contributed by atoms with Crippen molar-refractivity contribution < 1.29 is 19.4 Å². The topological polar surface area (TPSA) is 70.1 Å². The molecule has 1 aromatic rings. The van der Waals surface area contributed by atoms with Crippen LogP contribution in [0.25, 0.3) is 0 Å². The Morgan fingerprint density at radius 3 is 2.43 bits per heavy atom. The lowest BCUT2D eigenvalue weighted by Crippen LogP contribution is -2.45. The predicted molar refractivity (Wildman–Crippen MR) is 80.3 cm³/mol. The minimum atomic E-state index is -0.986. The van der Waals surface area contributed by atoms with E-state index in [-0.39, 0.29) is 5.56 Å². The summed E-state index contributed by atoms with van der Waals surface area (Å²) in [5.74, 6) is -0.986. The number of hydrogen-bond acceptors (Lipinski definition) is 4. The fraction of sp³-hybridized carbons (Fsp3) is 0.467. The molecule has 0 radical (unpaired) electrons. The van der Waals surface area contributed by atoms with Crippen molar-refractivity contribution >= 4 is 23.4 Å². The van der Waals surface area contributed by atoms with Gasteiger partial charge in [-0.15, -0.1) is 0 Å². The second-order valence-corrected chi connectivity index (χ2v) is 6.06. The van der Waals surface area contributed by atoms with Crippen LogP contribution in [-0.2, 0) is 4.74 Å². The van der Waals surface area contributed by atoms with Gasteiger partial charge in [-0.1, -0.05) is 0 Å². The Morgan fingerprint density at radius 1 is 1.19 bits per heavy atom. The SMILES string of the molecule is CN1CCN(C(=O)OC(C)(C)C)c2ccc(C(=O)O)cc21. The number of nitrogens with zero attached hydrogens (tertiary/aromatic N) is 2. The van der Waals surface area contributed by atoms with E-state index in [1.807, 2.05) is 32.7 Å². The van der Waals surface area contributed by atoms with Crippen molar-refractivity contribution in [3.63, 3.8) is 0 Å². The molecule has 0 saturated heterocycles. The highest BCUT2D eigenvalue weighted by Gasteiger charge is 2.29. The van der Waals surface area contributed by atoms with E-state index >= 15 is 0 Å². The van der Waals surface area contributed by atoms with E-state index in [1.54, 1.807) is 17.0 Å². The Bertz CT molecular complexity index is 578. The number of carboxylic acids is 1. The molecule has 2 rings (SSSR count). The minimum absolute atomic E-state index is 0.201. The minimum Gasteiger partial charge on any atom is -0.478 e. The molecule has 6 nitrogen and oxygen atoms in total. The molecule has 0 aromatic heterocycles. The number of carbonyl (C=O) groups is 2. The molecule has 0 saturated carbocycles. The van der Waals surface area contributed by atoms with Gasteiger partial charge in [-0.2, -0.15) is 0 Å². The van der Waals surface area contributed by atoms with Crippen LogP contribution in [0.15, 0.2) is 18.2 Å². The maximum atomic E-state index is 12.3. The molecular weight excluding hydrogens is 272 g/mol. The van der Waals surface area contributed by atoms with E-state index in [0.717, 1.165) is 0 Å². The number of likely N-dealkylation sites (N-methyl/N-ethyl adjacent to an activating group) is 1. The molecule has 1 amide bonds. The number of ether oxygens (including phenoxy) is 1. The molecule has 114 valence electrons. The van der Waals surface area contributed by atoms with Crippen molar-refractivity contribution in [3.8, 4) is 0 Å². The molecule has 0 fully saturated rings. The zero-order valence-electron chi connectivity index (χ0n) is 12.7. The molecule has 1 aromatic carbocycles. The lowest BCUT2D eigenvalue weighted by Gasteiger charge is -2.36. The van der Waals surface area contributed by atoms with Gasteiger partial charge in [0.15, 0.2) is 0 Å². The van der Waals surface area contributed by atoms with Crippen molar-refractivity contribution in [2.24, 2.45) is 0 Å². The monoisotopic (exact) mass is 292 g/mol. The van der Waals surface area contributed by atoms with Crippen molar-refractivity contribution in [3.05, 3.63) is 23.8 Å². The van der Waals surface area contributed by atoms with Gasteiger partial charge in [0.25, 0.3) is 0 Å². The lowest BCUT2D eigenvalue weighted by atomic mass is 10.1. The van der Waals surface area contributed by atoms with Gasteiger partial charge in [0.2, 0.25) is 0 Å². The van der Waals surface area contributed by atoms with Crippen LogP contribution in [0.2, 0.25) is 0 Å². The number of hydrogen-bond donors (Lipinski definition) is 1. The molecule has 1 aliphatic rings. The molecule has 0 aliphatic carbocycles. The number of benzene rings is 1. The van der Waals surface area contributed by atoms with E-state index in [2.05, 4.69) is 0 Å². The van der Waals surface area contributed by atoms with Gasteiger partial charge in [0.1, 0.15) is 5.60 Å². The Kier molecular flexibility index (Phi) is 3.80. The molecule has 0 atom stereocenters. The summed E-state index contributed by atoms with van der Waals surface area (Å²) in [6.45, 7) is 6.57. The summed E-state index contributed by atoms with van der Waals surface area (Å²) < 4.78 is 5.40. The first-order valence-electron chi connectivity index (χ1n) is 6.78. The van der Waals surface area contributed by atoms with Crippen molar-refractivity contribution in [1.82, 2.24) is 0 Å². The quantitative estimate of drug-likeness (QED) is 0.861.